The standard InChI is InChI=1S/C13H17BrClN/c1-9-3-2-4-13(9)16-8-10-5-6-11(14)12(15)7-10/h5-7,9,13,16H,2-4,8H2,1H3. The fourth-order valence-electron chi connectivity index (χ4n) is 2.35. The first kappa shape index (κ1) is 12.4. The van der Waals surface area contributed by atoms with E-state index in [0.29, 0.717) is 6.04 Å². The van der Waals surface area contributed by atoms with Crippen molar-refractivity contribution >= 4 is 27.5 Å². The lowest BCUT2D eigenvalue weighted by Crippen LogP contribution is -2.30. The topological polar surface area (TPSA) is 12.0 Å². The smallest absolute Gasteiger partial charge is 0.0551 e. The summed E-state index contributed by atoms with van der Waals surface area (Å²) in [7, 11) is 0. The molecule has 1 saturated carbocycles. The van der Waals surface area contributed by atoms with E-state index in [1.807, 2.05) is 12.1 Å². The van der Waals surface area contributed by atoms with Crippen LogP contribution in [-0.2, 0) is 6.54 Å². The summed E-state index contributed by atoms with van der Waals surface area (Å²) in [5.74, 6) is 0.811. The summed E-state index contributed by atoms with van der Waals surface area (Å²) in [5, 5.41) is 4.41. The second-order valence-corrected chi connectivity index (χ2v) is 5.91. The molecule has 2 atom stereocenters. The third-order valence-corrected chi connectivity index (χ3v) is 4.65. The highest BCUT2D eigenvalue weighted by atomic mass is 79.9. The second-order valence-electron chi connectivity index (χ2n) is 4.64. The van der Waals surface area contributed by atoms with Gasteiger partial charge in [-0.1, -0.05) is 31.0 Å². The molecule has 88 valence electrons. The van der Waals surface area contributed by atoms with E-state index in [9.17, 15) is 0 Å². The molecule has 0 aliphatic heterocycles. The van der Waals surface area contributed by atoms with Crippen molar-refractivity contribution in [1.82, 2.24) is 5.32 Å². The molecule has 1 fully saturated rings. The Morgan fingerprint density at radius 3 is 2.88 bits per heavy atom. The monoisotopic (exact) mass is 301 g/mol. The van der Waals surface area contributed by atoms with Crippen molar-refractivity contribution in [2.75, 3.05) is 0 Å². The van der Waals surface area contributed by atoms with Crippen LogP contribution in [0, 0.1) is 5.92 Å². The summed E-state index contributed by atoms with van der Waals surface area (Å²) in [6, 6.07) is 6.83. The maximum absolute atomic E-state index is 6.06. The first-order valence-corrected chi connectivity index (χ1v) is 7.01. The Bertz CT molecular complexity index is 367. The predicted octanol–water partition coefficient (Wildman–Crippen LogP) is 4.38. The lowest BCUT2D eigenvalue weighted by Gasteiger charge is -2.17. The van der Waals surface area contributed by atoms with Crippen LogP contribution in [0.4, 0.5) is 0 Å². The van der Waals surface area contributed by atoms with Crippen molar-refractivity contribution in [3.05, 3.63) is 33.3 Å². The van der Waals surface area contributed by atoms with Gasteiger partial charge in [-0.2, -0.15) is 0 Å². The molecule has 1 aromatic rings. The lowest BCUT2D eigenvalue weighted by molar-refractivity contribution is 0.426. The highest BCUT2D eigenvalue weighted by molar-refractivity contribution is 9.10. The molecule has 1 nitrogen and oxygen atoms in total. The van der Waals surface area contributed by atoms with E-state index >= 15 is 0 Å². The molecule has 0 spiro atoms. The quantitative estimate of drug-likeness (QED) is 0.873. The van der Waals surface area contributed by atoms with Crippen LogP contribution in [0.3, 0.4) is 0 Å². The van der Waals surface area contributed by atoms with E-state index in [0.717, 1.165) is 22.0 Å². The van der Waals surface area contributed by atoms with Crippen LogP contribution in [0.15, 0.2) is 22.7 Å². The van der Waals surface area contributed by atoms with Gasteiger partial charge < -0.3 is 5.32 Å². The van der Waals surface area contributed by atoms with Gasteiger partial charge in [-0.3, -0.25) is 0 Å². The van der Waals surface area contributed by atoms with Gasteiger partial charge in [0.05, 0.1) is 5.02 Å². The van der Waals surface area contributed by atoms with Crippen LogP contribution in [0.25, 0.3) is 0 Å². The van der Waals surface area contributed by atoms with Gasteiger partial charge in [0.2, 0.25) is 0 Å². The minimum atomic E-state index is 0.683. The molecule has 1 aliphatic carbocycles. The molecule has 16 heavy (non-hydrogen) atoms. The number of hydrogen-bond donors (Lipinski definition) is 1. The van der Waals surface area contributed by atoms with Gasteiger partial charge >= 0.3 is 0 Å². The molecule has 0 aromatic heterocycles. The van der Waals surface area contributed by atoms with Crippen molar-refractivity contribution in [3.63, 3.8) is 0 Å². The fraction of sp³-hybridized carbons (Fsp3) is 0.538. The van der Waals surface area contributed by atoms with E-state index in [1.54, 1.807) is 0 Å². The van der Waals surface area contributed by atoms with E-state index in [-0.39, 0.29) is 0 Å². The molecule has 1 N–H and O–H groups in total. The largest absolute Gasteiger partial charge is 0.310 e. The number of benzene rings is 1. The predicted molar refractivity (Wildman–Crippen MR) is 72.8 cm³/mol. The molecular formula is C13H17BrClN. The van der Waals surface area contributed by atoms with E-state index < -0.39 is 0 Å². The average Bonchev–Trinajstić information content (AvgIpc) is 2.66. The molecule has 0 bridgehead atoms. The van der Waals surface area contributed by atoms with Crippen LogP contribution in [0.5, 0.6) is 0 Å². The van der Waals surface area contributed by atoms with Crippen molar-refractivity contribution in [1.29, 1.82) is 0 Å². The Morgan fingerprint density at radius 1 is 1.44 bits per heavy atom. The molecule has 2 rings (SSSR count). The highest BCUT2D eigenvalue weighted by Crippen LogP contribution is 2.26. The molecule has 2 unspecified atom stereocenters. The van der Waals surface area contributed by atoms with Crippen molar-refractivity contribution in [3.8, 4) is 0 Å². The summed E-state index contributed by atoms with van der Waals surface area (Å²) in [4.78, 5) is 0. The molecule has 1 aromatic carbocycles. The molecule has 0 radical (unpaired) electrons. The molecule has 0 amide bonds. The normalized spacial score (nSPS) is 24.9. The number of halogens is 2. The van der Waals surface area contributed by atoms with Gasteiger partial charge in [0, 0.05) is 17.1 Å². The summed E-state index contributed by atoms with van der Waals surface area (Å²) in [6.07, 6.45) is 4.03. The fourth-order valence-corrected chi connectivity index (χ4v) is 2.80. The molecule has 0 saturated heterocycles. The highest BCUT2D eigenvalue weighted by Gasteiger charge is 2.22. The van der Waals surface area contributed by atoms with Gasteiger partial charge in [0.1, 0.15) is 0 Å². The third-order valence-electron chi connectivity index (χ3n) is 3.41. The summed E-state index contributed by atoms with van der Waals surface area (Å²) < 4.78 is 0.965. The Morgan fingerprint density at radius 2 is 2.25 bits per heavy atom. The minimum absolute atomic E-state index is 0.683. The van der Waals surface area contributed by atoms with Crippen molar-refractivity contribution in [2.24, 2.45) is 5.92 Å². The SMILES string of the molecule is CC1CCCC1NCc1ccc(Br)c(Cl)c1. The summed E-state index contributed by atoms with van der Waals surface area (Å²) >= 11 is 9.47. The number of rotatable bonds is 3. The van der Waals surface area contributed by atoms with Crippen LogP contribution >= 0.6 is 27.5 Å². The summed E-state index contributed by atoms with van der Waals surface area (Å²) in [5.41, 5.74) is 1.26. The number of nitrogens with one attached hydrogen (secondary N) is 1. The minimum Gasteiger partial charge on any atom is -0.310 e. The second kappa shape index (κ2) is 5.52. The lowest BCUT2D eigenvalue weighted by atomic mass is 10.1. The van der Waals surface area contributed by atoms with E-state index in [1.165, 1.54) is 24.8 Å². The molecule has 3 heteroatoms. The first-order chi connectivity index (χ1) is 7.66. The van der Waals surface area contributed by atoms with Gasteiger partial charge in [0.15, 0.2) is 0 Å². The average molecular weight is 303 g/mol. The van der Waals surface area contributed by atoms with E-state index in [4.69, 9.17) is 11.6 Å². The first-order valence-electron chi connectivity index (χ1n) is 5.84. The Hall–Kier alpha value is -0.0500. The Kier molecular flexibility index (Phi) is 4.28. The third kappa shape index (κ3) is 2.99. The van der Waals surface area contributed by atoms with Crippen LogP contribution in [0.1, 0.15) is 31.7 Å². The maximum Gasteiger partial charge on any atom is 0.0551 e. The van der Waals surface area contributed by atoms with Gasteiger partial charge in [-0.25, -0.2) is 0 Å². The van der Waals surface area contributed by atoms with Gasteiger partial charge in [-0.05, 0) is 52.4 Å². The molecule has 0 heterocycles. The maximum atomic E-state index is 6.06. The van der Waals surface area contributed by atoms with Crippen LogP contribution in [-0.4, -0.2) is 6.04 Å². The Labute approximate surface area is 111 Å². The molecular weight excluding hydrogens is 286 g/mol. The zero-order valence-electron chi connectivity index (χ0n) is 9.47. The van der Waals surface area contributed by atoms with Crippen LogP contribution in [0.2, 0.25) is 5.02 Å². The zero-order valence-corrected chi connectivity index (χ0v) is 11.8. The van der Waals surface area contributed by atoms with Crippen LogP contribution < -0.4 is 5.32 Å². The zero-order chi connectivity index (χ0) is 11.5. The van der Waals surface area contributed by atoms with Crippen molar-refractivity contribution < 1.29 is 0 Å². The van der Waals surface area contributed by atoms with Gasteiger partial charge in [0.25, 0.3) is 0 Å². The van der Waals surface area contributed by atoms with Gasteiger partial charge in [-0.15, -0.1) is 0 Å². The van der Waals surface area contributed by atoms with Crippen molar-refractivity contribution in [2.45, 2.75) is 38.8 Å². The number of hydrogen-bond acceptors (Lipinski definition) is 1. The Balaban J connectivity index is 1.91. The van der Waals surface area contributed by atoms with E-state index in [2.05, 4.69) is 34.2 Å². The molecule has 1 aliphatic rings. The summed E-state index contributed by atoms with van der Waals surface area (Å²) in [6.45, 7) is 3.25.